The van der Waals surface area contributed by atoms with Gasteiger partial charge in [0.05, 0.1) is 0 Å². The fraction of sp³-hybridized carbons (Fsp3) is 0.316. The molecule has 0 saturated heterocycles. The predicted octanol–water partition coefficient (Wildman–Crippen LogP) is 4.79. The number of rotatable bonds is 3. The Morgan fingerprint density at radius 3 is 2.65 bits per heavy atom. The molecule has 1 unspecified atom stereocenters. The summed E-state index contributed by atoms with van der Waals surface area (Å²) in [6, 6.07) is 14.9. The Labute approximate surface area is 141 Å². The molecule has 0 aliphatic heterocycles. The monoisotopic (exact) mass is 327 g/mol. The molecular formula is C19H21NO2S. The van der Waals surface area contributed by atoms with Gasteiger partial charge in [0.25, 0.3) is 0 Å². The summed E-state index contributed by atoms with van der Waals surface area (Å²) in [5.74, 6) is 0. The van der Waals surface area contributed by atoms with Crippen LogP contribution in [0, 0.1) is 5.41 Å². The molecule has 0 heterocycles. The average molecular weight is 327 g/mol. The second kappa shape index (κ2) is 5.93. The third-order valence-corrected chi connectivity index (χ3v) is 5.14. The molecule has 0 aromatic heterocycles. The Morgan fingerprint density at radius 1 is 1.22 bits per heavy atom. The van der Waals surface area contributed by atoms with Crippen LogP contribution < -0.4 is 5.73 Å². The molecule has 2 aromatic carbocycles. The van der Waals surface area contributed by atoms with Gasteiger partial charge in [-0.15, -0.1) is 11.8 Å². The summed E-state index contributed by atoms with van der Waals surface area (Å²) in [6.07, 6.45) is 1.96. The van der Waals surface area contributed by atoms with E-state index in [4.69, 9.17) is 10.5 Å². The molecule has 3 nitrogen and oxygen atoms in total. The normalized spacial score (nSPS) is 18.5. The van der Waals surface area contributed by atoms with Crippen LogP contribution in [-0.4, -0.2) is 12.3 Å². The van der Waals surface area contributed by atoms with Gasteiger partial charge in [0.1, 0.15) is 6.10 Å². The van der Waals surface area contributed by atoms with Crippen LogP contribution >= 0.6 is 11.8 Å². The standard InChI is InChI=1S/C19H21NO2S/c1-19(2)11-14-9-13(12-5-4-6-15(10-12)23-3)7-8-16(14)17(19)22-18(20)21/h4-10,17H,11H2,1-3H3,(H2,20,21). The van der Waals surface area contributed by atoms with E-state index >= 15 is 0 Å². The number of hydrogen-bond donors (Lipinski definition) is 1. The van der Waals surface area contributed by atoms with E-state index in [0.29, 0.717) is 0 Å². The first-order valence-corrected chi connectivity index (χ1v) is 8.86. The number of primary amides is 1. The lowest BCUT2D eigenvalue weighted by atomic mass is 9.87. The van der Waals surface area contributed by atoms with Gasteiger partial charge in [0, 0.05) is 10.3 Å². The molecule has 0 spiro atoms. The number of fused-ring (bicyclic) bond motifs is 1. The van der Waals surface area contributed by atoms with Crippen molar-refractivity contribution in [3.63, 3.8) is 0 Å². The summed E-state index contributed by atoms with van der Waals surface area (Å²) in [4.78, 5) is 12.5. The van der Waals surface area contributed by atoms with Crippen molar-refractivity contribution in [2.24, 2.45) is 11.1 Å². The van der Waals surface area contributed by atoms with Crippen molar-refractivity contribution >= 4 is 17.9 Å². The zero-order valence-electron chi connectivity index (χ0n) is 13.6. The fourth-order valence-corrected chi connectivity index (χ4v) is 3.80. The highest BCUT2D eigenvalue weighted by Crippen LogP contribution is 2.48. The Balaban J connectivity index is 1.99. The lowest BCUT2D eigenvalue weighted by Gasteiger charge is -2.26. The molecule has 120 valence electrons. The second-order valence-corrected chi connectivity index (χ2v) is 7.51. The van der Waals surface area contributed by atoms with E-state index in [9.17, 15) is 4.79 Å². The maximum absolute atomic E-state index is 11.2. The van der Waals surface area contributed by atoms with Crippen molar-refractivity contribution in [1.29, 1.82) is 0 Å². The van der Waals surface area contributed by atoms with Crippen molar-refractivity contribution < 1.29 is 9.53 Å². The van der Waals surface area contributed by atoms with Crippen molar-refractivity contribution in [3.05, 3.63) is 53.6 Å². The first kappa shape index (κ1) is 15.9. The van der Waals surface area contributed by atoms with Crippen LogP contribution in [0.1, 0.15) is 31.1 Å². The van der Waals surface area contributed by atoms with Crippen molar-refractivity contribution in [2.45, 2.75) is 31.3 Å². The fourth-order valence-electron chi connectivity index (χ4n) is 3.34. The summed E-state index contributed by atoms with van der Waals surface area (Å²) in [7, 11) is 0. The topological polar surface area (TPSA) is 52.3 Å². The van der Waals surface area contributed by atoms with Crippen LogP contribution in [0.4, 0.5) is 4.79 Å². The molecule has 2 aromatic rings. The van der Waals surface area contributed by atoms with Crippen molar-refractivity contribution in [2.75, 3.05) is 6.26 Å². The number of carbonyl (C=O) groups is 1. The van der Waals surface area contributed by atoms with Gasteiger partial charge in [-0.3, -0.25) is 0 Å². The minimum atomic E-state index is -0.715. The Bertz CT molecular complexity index is 755. The number of amides is 1. The molecule has 2 N–H and O–H groups in total. The largest absolute Gasteiger partial charge is 0.441 e. The van der Waals surface area contributed by atoms with E-state index in [0.717, 1.165) is 12.0 Å². The summed E-state index contributed by atoms with van der Waals surface area (Å²) in [5, 5.41) is 0. The first-order chi connectivity index (χ1) is 10.9. The van der Waals surface area contributed by atoms with E-state index in [2.05, 4.69) is 62.6 Å². The van der Waals surface area contributed by atoms with E-state index < -0.39 is 6.09 Å². The number of benzene rings is 2. The number of hydrogen-bond acceptors (Lipinski definition) is 3. The van der Waals surface area contributed by atoms with Gasteiger partial charge in [0.15, 0.2) is 0 Å². The van der Waals surface area contributed by atoms with Gasteiger partial charge in [-0.05, 0) is 47.1 Å². The molecule has 23 heavy (non-hydrogen) atoms. The van der Waals surface area contributed by atoms with Gasteiger partial charge in [-0.1, -0.05) is 44.2 Å². The number of nitrogens with two attached hydrogens (primary N) is 1. The third kappa shape index (κ3) is 3.08. The van der Waals surface area contributed by atoms with Crippen LogP contribution in [0.2, 0.25) is 0 Å². The van der Waals surface area contributed by atoms with Crippen LogP contribution in [0.25, 0.3) is 11.1 Å². The quantitative estimate of drug-likeness (QED) is 0.824. The Morgan fingerprint density at radius 2 is 1.96 bits per heavy atom. The summed E-state index contributed by atoms with van der Waals surface area (Å²) in [6.45, 7) is 4.21. The smallest absolute Gasteiger partial charge is 0.405 e. The zero-order valence-corrected chi connectivity index (χ0v) is 14.4. The SMILES string of the molecule is CSc1cccc(-c2ccc3c(c2)CC(C)(C)C3OC(N)=O)c1. The van der Waals surface area contributed by atoms with Crippen molar-refractivity contribution in [1.82, 2.24) is 0 Å². The first-order valence-electron chi connectivity index (χ1n) is 7.64. The number of ether oxygens (including phenoxy) is 1. The molecule has 0 saturated carbocycles. The lowest BCUT2D eigenvalue weighted by molar-refractivity contribution is 0.0392. The molecule has 3 rings (SSSR count). The van der Waals surface area contributed by atoms with E-state index in [1.807, 2.05) is 0 Å². The van der Waals surface area contributed by atoms with Crippen LogP contribution in [0.15, 0.2) is 47.4 Å². The zero-order chi connectivity index (χ0) is 16.6. The highest BCUT2D eigenvalue weighted by molar-refractivity contribution is 7.98. The molecule has 1 aliphatic rings. The molecule has 1 aliphatic carbocycles. The molecular weight excluding hydrogens is 306 g/mol. The Kier molecular flexibility index (Phi) is 4.11. The van der Waals surface area contributed by atoms with Gasteiger partial charge >= 0.3 is 6.09 Å². The highest BCUT2D eigenvalue weighted by atomic mass is 32.2. The maximum atomic E-state index is 11.2. The van der Waals surface area contributed by atoms with Crippen LogP contribution in [0.3, 0.4) is 0 Å². The second-order valence-electron chi connectivity index (χ2n) is 6.63. The number of carbonyl (C=O) groups excluding carboxylic acids is 1. The van der Waals surface area contributed by atoms with E-state index in [1.165, 1.54) is 21.6 Å². The van der Waals surface area contributed by atoms with Gasteiger partial charge in [-0.2, -0.15) is 0 Å². The molecule has 0 bridgehead atoms. The highest BCUT2D eigenvalue weighted by Gasteiger charge is 2.41. The van der Waals surface area contributed by atoms with Gasteiger partial charge < -0.3 is 10.5 Å². The molecule has 0 radical (unpaired) electrons. The Hall–Kier alpha value is -1.94. The third-order valence-electron chi connectivity index (χ3n) is 4.42. The summed E-state index contributed by atoms with van der Waals surface area (Å²) in [5.41, 5.74) is 9.79. The minimum Gasteiger partial charge on any atom is -0.441 e. The average Bonchev–Trinajstić information content (AvgIpc) is 2.76. The van der Waals surface area contributed by atoms with Gasteiger partial charge in [0.2, 0.25) is 0 Å². The summed E-state index contributed by atoms with van der Waals surface area (Å²) < 4.78 is 5.37. The summed E-state index contributed by atoms with van der Waals surface area (Å²) >= 11 is 1.74. The molecule has 1 atom stereocenters. The lowest BCUT2D eigenvalue weighted by Crippen LogP contribution is -2.25. The van der Waals surface area contributed by atoms with E-state index in [1.54, 1.807) is 11.8 Å². The predicted molar refractivity (Wildman–Crippen MR) is 94.6 cm³/mol. The van der Waals surface area contributed by atoms with Crippen molar-refractivity contribution in [3.8, 4) is 11.1 Å². The van der Waals surface area contributed by atoms with Crippen LogP contribution in [-0.2, 0) is 11.2 Å². The molecule has 1 amide bonds. The number of thioether (sulfide) groups is 1. The molecule has 0 fully saturated rings. The van der Waals surface area contributed by atoms with Crippen LogP contribution in [0.5, 0.6) is 0 Å². The van der Waals surface area contributed by atoms with E-state index in [-0.39, 0.29) is 11.5 Å². The molecule has 4 heteroatoms. The van der Waals surface area contributed by atoms with Gasteiger partial charge in [-0.25, -0.2) is 4.79 Å². The minimum absolute atomic E-state index is 0.142. The maximum Gasteiger partial charge on any atom is 0.405 e.